The number of carbonyl (C=O) groups is 1. The van der Waals surface area contributed by atoms with Gasteiger partial charge in [-0.3, -0.25) is 4.79 Å². The number of hydrogen-bond acceptors (Lipinski definition) is 2. The molecule has 1 aromatic carbocycles. The van der Waals surface area contributed by atoms with Crippen molar-refractivity contribution in [2.45, 2.75) is 64.3 Å². The van der Waals surface area contributed by atoms with Gasteiger partial charge in [0.15, 0.2) is 5.78 Å². The van der Waals surface area contributed by atoms with Crippen LogP contribution in [0.5, 0.6) is 0 Å². The van der Waals surface area contributed by atoms with Crippen molar-refractivity contribution >= 4 is 5.78 Å². The fourth-order valence-corrected chi connectivity index (χ4v) is 3.01. The predicted molar refractivity (Wildman–Crippen MR) is 84.0 cm³/mol. The lowest BCUT2D eigenvalue weighted by atomic mass is 9.84. The summed E-state index contributed by atoms with van der Waals surface area (Å²) in [5.74, 6) is 0.248. The van der Waals surface area contributed by atoms with Gasteiger partial charge in [-0.25, -0.2) is 0 Å². The molecule has 1 aromatic rings. The highest BCUT2D eigenvalue weighted by Crippen LogP contribution is 2.27. The van der Waals surface area contributed by atoms with E-state index in [-0.39, 0.29) is 23.2 Å². The van der Waals surface area contributed by atoms with Crippen molar-refractivity contribution in [3.63, 3.8) is 0 Å². The Labute approximate surface area is 122 Å². The summed E-state index contributed by atoms with van der Waals surface area (Å²) < 4.78 is 0. The van der Waals surface area contributed by atoms with Crippen LogP contribution in [0.4, 0.5) is 0 Å². The number of ketones is 1. The van der Waals surface area contributed by atoms with Crippen molar-refractivity contribution in [1.29, 1.82) is 0 Å². The van der Waals surface area contributed by atoms with E-state index in [0.717, 1.165) is 31.2 Å². The maximum Gasteiger partial charge on any atom is 0.167 e. The maximum atomic E-state index is 12.6. The van der Waals surface area contributed by atoms with Crippen molar-refractivity contribution in [2.24, 2.45) is 11.7 Å². The monoisotopic (exact) mass is 273 g/mol. The molecule has 0 radical (unpaired) electrons. The van der Waals surface area contributed by atoms with Gasteiger partial charge in [0.1, 0.15) is 0 Å². The second-order valence-corrected chi connectivity index (χ2v) is 7.10. The molecule has 0 heterocycles. The van der Waals surface area contributed by atoms with E-state index >= 15 is 0 Å². The molecule has 1 fully saturated rings. The smallest absolute Gasteiger partial charge is 0.167 e. The number of nitrogens with two attached hydrogens (primary N) is 1. The third-order valence-corrected chi connectivity index (χ3v) is 4.44. The van der Waals surface area contributed by atoms with Crippen LogP contribution >= 0.6 is 0 Å². The van der Waals surface area contributed by atoms with Crippen LogP contribution < -0.4 is 5.73 Å². The van der Waals surface area contributed by atoms with Crippen LogP contribution in [0.25, 0.3) is 0 Å². The molecule has 0 amide bonds. The Morgan fingerprint density at radius 2 is 1.65 bits per heavy atom. The van der Waals surface area contributed by atoms with E-state index in [2.05, 4.69) is 32.9 Å². The minimum atomic E-state index is 0.0120. The van der Waals surface area contributed by atoms with Crippen LogP contribution in [0, 0.1) is 5.92 Å². The number of benzene rings is 1. The largest absolute Gasteiger partial charge is 0.327 e. The lowest BCUT2D eigenvalue weighted by Gasteiger charge is -2.22. The average Bonchev–Trinajstić information content (AvgIpc) is 2.62. The highest BCUT2D eigenvalue weighted by molar-refractivity contribution is 5.98. The summed E-state index contributed by atoms with van der Waals surface area (Å²) in [6.45, 7) is 6.56. The average molecular weight is 273 g/mol. The zero-order valence-electron chi connectivity index (χ0n) is 13.0. The van der Waals surface area contributed by atoms with E-state index in [1.165, 1.54) is 12.0 Å². The molecule has 2 atom stereocenters. The van der Waals surface area contributed by atoms with Gasteiger partial charge in [-0.2, -0.15) is 0 Å². The second-order valence-electron chi connectivity index (χ2n) is 7.10. The molecule has 2 unspecified atom stereocenters. The molecule has 1 aliphatic carbocycles. The van der Waals surface area contributed by atoms with Gasteiger partial charge in [-0.15, -0.1) is 0 Å². The predicted octanol–water partition coefficient (Wildman–Crippen LogP) is 4.07. The van der Waals surface area contributed by atoms with Gasteiger partial charge >= 0.3 is 0 Å². The van der Waals surface area contributed by atoms with E-state index < -0.39 is 0 Å². The lowest BCUT2D eigenvalue weighted by Crippen LogP contribution is -2.34. The molecule has 1 aliphatic rings. The van der Waals surface area contributed by atoms with Crippen molar-refractivity contribution in [3.05, 3.63) is 35.4 Å². The molecule has 0 aliphatic heterocycles. The first kappa shape index (κ1) is 15.2. The quantitative estimate of drug-likeness (QED) is 0.652. The van der Waals surface area contributed by atoms with Crippen molar-refractivity contribution in [3.8, 4) is 0 Å². The van der Waals surface area contributed by atoms with Gasteiger partial charge < -0.3 is 5.73 Å². The zero-order chi connectivity index (χ0) is 14.8. The van der Waals surface area contributed by atoms with Crippen LogP contribution in [0.2, 0.25) is 0 Å². The molecule has 0 saturated heterocycles. The molecule has 0 spiro atoms. The first-order valence-electron chi connectivity index (χ1n) is 7.80. The zero-order valence-corrected chi connectivity index (χ0v) is 13.0. The Balaban J connectivity index is 2.16. The van der Waals surface area contributed by atoms with Crippen molar-refractivity contribution in [2.75, 3.05) is 0 Å². The first-order valence-corrected chi connectivity index (χ1v) is 7.80. The molecule has 1 saturated carbocycles. The fraction of sp³-hybridized carbons (Fsp3) is 0.611. The molecule has 2 heteroatoms. The topological polar surface area (TPSA) is 43.1 Å². The summed E-state index contributed by atoms with van der Waals surface area (Å²) in [6.07, 6.45) is 5.43. The molecular weight excluding hydrogens is 246 g/mol. The van der Waals surface area contributed by atoms with Gasteiger partial charge in [0.2, 0.25) is 0 Å². The minimum absolute atomic E-state index is 0.0120. The standard InChI is InChI=1S/C18H27NO/c1-18(2,3)14-11-9-13(10-12-14)17(20)15-7-5-4-6-8-16(15)19/h9-12,15-16H,4-8,19H2,1-3H3. The first-order chi connectivity index (χ1) is 9.39. The van der Waals surface area contributed by atoms with Gasteiger partial charge in [0.05, 0.1) is 0 Å². The van der Waals surface area contributed by atoms with Crippen LogP contribution in [0.1, 0.15) is 68.8 Å². The highest BCUT2D eigenvalue weighted by atomic mass is 16.1. The summed E-state index contributed by atoms with van der Waals surface area (Å²) in [4.78, 5) is 12.6. The van der Waals surface area contributed by atoms with E-state index in [9.17, 15) is 4.79 Å². The van der Waals surface area contributed by atoms with Gasteiger partial charge in [0, 0.05) is 17.5 Å². The summed E-state index contributed by atoms with van der Waals surface area (Å²) in [5, 5.41) is 0. The van der Waals surface area contributed by atoms with Crippen LogP contribution in [-0.4, -0.2) is 11.8 Å². The highest BCUT2D eigenvalue weighted by Gasteiger charge is 2.27. The Morgan fingerprint density at radius 3 is 2.25 bits per heavy atom. The van der Waals surface area contributed by atoms with Crippen LogP contribution in [0.3, 0.4) is 0 Å². The van der Waals surface area contributed by atoms with Crippen molar-refractivity contribution in [1.82, 2.24) is 0 Å². The molecule has 0 aromatic heterocycles. The second kappa shape index (κ2) is 6.09. The molecule has 2 nitrogen and oxygen atoms in total. The van der Waals surface area contributed by atoms with E-state index in [1.807, 2.05) is 12.1 Å². The van der Waals surface area contributed by atoms with Crippen LogP contribution in [-0.2, 0) is 5.41 Å². The summed E-state index contributed by atoms with van der Waals surface area (Å²) in [6, 6.07) is 8.14. The lowest BCUT2D eigenvalue weighted by molar-refractivity contribution is 0.0894. The Bertz CT molecular complexity index is 455. The van der Waals surface area contributed by atoms with Gasteiger partial charge in [-0.05, 0) is 23.8 Å². The molecule has 2 N–H and O–H groups in total. The van der Waals surface area contributed by atoms with Gasteiger partial charge in [0.25, 0.3) is 0 Å². The fourth-order valence-electron chi connectivity index (χ4n) is 3.01. The molecule has 0 bridgehead atoms. The Morgan fingerprint density at radius 1 is 1.05 bits per heavy atom. The number of Topliss-reactive ketones (excluding diaryl/α,β-unsaturated/α-hetero) is 1. The van der Waals surface area contributed by atoms with E-state index in [1.54, 1.807) is 0 Å². The molecule has 20 heavy (non-hydrogen) atoms. The number of carbonyl (C=O) groups excluding carboxylic acids is 1. The molecule has 110 valence electrons. The number of rotatable bonds is 2. The van der Waals surface area contributed by atoms with E-state index in [4.69, 9.17) is 5.73 Å². The summed E-state index contributed by atoms with van der Waals surface area (Å²) in [5.41, 5.74) is 8.40. The van der Waals surface area contributed by atoms with Gasteiger partial charge in [-0.1, -0.05) is 64.3 Å². The third kappa shape index (κ3) is 3.49. The molecular formula is C18H27NO. The normalized spacial score (nSPS) is 24.2. The van der Waals surface area contributed by atoms with Crippen molar-refractivity contribution < 1.29 is 4.79 Å². The number of hydrogen-bond donors (Lipinski definition) is 1. The third-order valence-electron chi connectivity index (χ3n) is 4.44. The Kier molecular flexibility index (Phi) is 4.64. The summed E-state index contributed by atoms with van der Waals surface area (Å²) in [7, 11) is 0. The maximum absolute atomic E-state index is 12.6. The molecule has 2 rings (SSSR count). The van der Waals surface area contributed by atoms with E-state index in [0.29, 0.717) is 0 Å². The van der Waals surface area contributed by atoms with Crippen LogP contribution in [0.15, 0.2) is 24.3 Å². The minimum Gasteiger partial charge on any atom is -0.327 e. The summed E-state index contributed by atoms with van der Waals surface area (Å²) >= 11 is 0. The SMILES string of the molecule is CC(C)(C)c1ccc(C(=O)C2CCCCCC2N)cc1. The Hall–Kier alpha value is -1.15.